The highest BCUT2D eigenvalue weighted by molar-refractivity contribution is 5.91. The first kappa shape index (κ1) is 11.1. The Morgan fingerprint density at radius 2 is 2.06 bits per heavy atom. The number of esters is 1. The lowest BCUT2D eigenvalue weighted by atomic mass is 10.0. The van der Waals surface area contributed by atoms with Gasteiger partial charge in [0, 0.05) is 29.2 Å². The van der Waals surface area contributed by atoms with E-state index in [4.69, 9.17) is 5.73 Å². The predicted molar refractivity (Wildman–Crippen MR) is 65.4 cm³/mol. The molecule has 1 aromatic heterocycles. The van der Waals surface area contributed by atoms with Crippen molar-refractivity contribution < 1.29 is 9.53 Å². The third-order valence-corrected chi connectivity index (χ3v) is 2.43. The number of nitrogen functional groups attached to an aromatic ring is 1. The Hall–Kier alpha value is -2.36. The van der Waals surface area contributed by atoms with Crippen molar-refractivity contribution in [3.63, 3.8) is 0 Å². The number of aromatic nitrogens is 1. The number of para-hydroxylation sites is 1. The predicted octanol–water partition coefficient (Wildman–Crippen LogP) is 2.12. The number of carbonyl (C=O) groups is 1. The lowest BCUT2D eigenvalue weighted by molar-refractivity contribution is 0.0600. The Balaban J connectivity index is 2.47. The number of pyridine rings is 1. The van der Waals surface area contributed by atoms with Gasteiger partial charge in [-0.05, 0) is 12.1 Å². The summed E-state index contributed by atoms with van der Waals surface area (Å²) in [5.74, 6) is -0.408. The molecule has 2 rings (SSSR count). The van der Waals surface area contributed by atoms with Gasteiger partial charge < -0.3 is 10.5 Å². The zero-order valence-corrected chi connectivity index (χ0v) is 9.38. The second kappa shape index (κ2) is 4.65. The summed E-state index contributed by atoms with van der Waals surface area (Å²) in [7, 11) is 1.34. The van der Waals surface area contributed by atoms with Gasteiger partial charge in [0.05, 0.1) is 12.7 Å². The van der Waals surface area contributed by atoms with E-state index in [1.54, 1.807) is 18.3 Å². The molecule has 0 saturated heterocycles. The second-order valence-corrected chi connectivity index (χ2v) is 3.54. The molecule has 0 unspecified atom stereocenters. The van der Waals surface area contributed by atoms with Crippen LogP contribution in [0.1, 0.15) is 10.4 Å². The third kappa shape index (κ3) is 2.25. The van der Waals surface area contributed by atoms with Gasteiger partial charge in [-0.15, -0.1) is 0 Å². The van der Waals surface area contributed by atoms with Gasteiger partial charge >= 0.3 is 5.97 Å². The van der Waals surface area contributed by atoms with Crippen molar-refractivity contribution in [3.8, 4) is 11.1 Å². The average molecular weight is 228 g/mol. The molecule has 1 aromatic carbocycles. The lowest BCUT2D eigenvalue weighted by Gasteiger charge is -2.06. The number of anilines is 1. The van der Waals surface area contributed by atoms with Gasteiger partial charge in [-0.25, -0.2) is 4.79 Å². The molecule has 0 atom stereocenters. The van der Waals surface area contributed by atoms with Crippen LogP contribution in [-0.2, 0) is 4.74 Å². The Labute approximate surface area is 99.1 Å². The molecule has 0 radical (unpaired) electrons. The minimum Gasteiger partial charge on any atom is -0.465 e. The first-order valence-electron chi connectivity index (χ1n) is 5.10. The molecule has 0 aliphatic heterocycles. The number of benzene rings is 1. The van der Waals surface area contributed by atoms with Crippen molar-refractivity contribution in [2.24, 2.45) is 0 Å². The van der Waals surface area contributed by atoms with Crippen LogP contribution in [0.5, 0.6) is 0 Å². The van der Waals surface area contributed by atoms with Crippen LogP contribution < -0.4 is 5.73 Å². The fourth-order valence-corrected chi connectivity index (χ4v) is 1.58. The van der Waals surface area contributed by atoms with Crippen LogP contribution in [0.25, 0.3) is 11.1 Å². The molecule has 0 saturated carbocycles. The largest absolute Gasteiger partial charge is 0.465 e. The number of nitrogens with two attached hydrogens (primary N) is 1. The first-order chi connectivity index (χ1) is 8.22. The summed E-state index contributed by atoms with van der Waals surface area (Å²) in [6, 6.07) is 9.14. The average Bonchev–Trinajstić information content (AvgIpc) is 2.38. The molecule has 0 bridgehead atoms. The summed E-state index contributed by atoms with van der Waals surface area (Å²) in [5.41, 5.74) is 8.58. The first-order valence-corrected chi connectivity index (χ1v) is 5.10. The number of hydrogen-bond acceptors (Lipinski definition) is 4. The zero-order chi connectivity index (χ0) is 12.3. The number of methoxy groups -OCH3 is 1. The van der Waals surface area contributed by atoms with Crippen molar-refractivity contribution >= 4 is 11.7 Å². The molecule has 0 aliphatic carbocycles. The van der Waals surface area contributed by atoms with E-state index in [9.17, 15) is 4.79 Å². The van der Waals surface area contributed by atoms with Crippen molar-refractivity contribution in [1.29, 1.82) is 0 Å². The molecule has 0 aliphatic rings. The molecule has 0 amide bonds. The SMILES string of the molecule is COC(=O)c1cncc(-c2ccccc2N)c1. The van der Waals surface area contributed by atoms with Crippen LogP contribution in [0.15, 0.2) is 42.7 Å². The quantitative estimate of drug-likeness (QED) is 0.631. The van der Waals surface area contributed by atoms with E-state index < -0.39 is 5.97 Å². The minimum atomic E-state index is -0.408. The molecule has 2 N–H and O–H groups in total. The van der Waals surface area contributed by atoms with Gasteiger partial charge in [-0.2, -0.15) is 0 Å². The van der Waals surface area contributed by atoms with Gasteiger partial charge in [0.15, 0.2) is 0 Å². The number of hydrogen-bond donors (Lipinski definition) is 1. The molecular weight excluding hydrogens is 216 g/mol. The van der Waals surface area contributed by atoms with E-state index in [1.165, 1.54) is 13.3 Å². The zero-order valence-electron chi connectivity index (χ0n) is 9.38. The van der Waals surface area contributed by atoms with E-state index >= 15 is 0 Å². The summed E-state index contributed by atoms with van der Waals surface area (Å²) >= 11 is 0. The number of nitrogens with zero attached hydrogens (tertiary/aromatic N) is 1. The Morgan fingerprint density at radius 1 is 1.29 bits per heavy atom. The standard InChI is InChI=1S/C13H12N2O2/c1-17-13(16)10-6-9(7-15-8-10)11-4-2-3-5-12(11)14/h2-8H,14H2,1H3. The maximum absolute atomic E-state index is 11.4. The highest BCUT2D eigenvalue weighted by Crippen LogP contribution is 2.25. The summed E-state index contributed by atoms with van der Waals surface area (Å²) in [5, 5.41) is 0. The fraction of sp³-hybridized carbons (Fsp3) is 0.0769. The maximum atomic E-state index is 11.4. The van der Waals surface area contributed by atoms with E-state index in [0.717, 1.165) is 11.1 Å². The Kier molecular flexibility index (Phi) is 3.05. The van der Waals surface area contributed by atoms with Gasteiger partial charge in [0.1, 0.15) is 0 Å². The molecule has 0 spiro atoms. The van der Waals surface area contributed by atoms with Gasteiger partial charge in [-0.3, -0.25) is 4.98 Å². The van der Waals surface area contributed by atoms with Crippen LogP contribution >= 0.6 is 0 Å². The monoisotopic (exact) mass is 228 g/mol. The molecule has 2 aromatic rings. The van der Waals surface area contributed by atoms with E-state index in [-0.39, 0.29) is 0 Å². The van der Waals surface area contributed by atoms with Crippen molar-refractivity contribution in [3.05, 3.63) is 48.3 Å². The van der Waals surface area contributed by atoms with Crippen LogP contribution in [0, 0.1) is 0 Å². The van der Waals surface area contributed by atoms with Crippen LogP contribution in [0.2, 0.25) is 0 Å². The molecular formula is C13H12N2O2. The number of ether oxygens (including phenoxy) is 1. The molecule has 0 fully saturated rings. The molecule has 4 heteroatoms. The topological polar surface area (TPSA) is 65.2 Å². The second-order valence-electron chi connectivity index (χ2n) is 3.54. The molecule has 1 heterocycles. The lowest BCUT2D eigenvalue weighted by Crippen LogP contribution is -2.02. The summed E-state index contributed by atoms with van der Waals surface area (Å²) in [4.78, 5) is 15.4. The number of carbonyl (C=O) groups excluding carboxylic acids is 1. The van der Waals surface area contributed by atoms with Gasteiger partial charge in [-0.1, -0.05) is 18.2 Å². The smallest absolute Gasteiger partial charge is 0.339 e. The Morgan fingerprint density at radius 3 is 2.76 bits per heavy atom. The van der Waals surface area contributed by atoms with E-state index in [2.05, 4.69) is 9.72 Å². The van der Waals surface area contributed by atoms with E-state index in [1.807, 2.05) is 18.2 Å². The normalized spacial score (nSPS) is 9.94. The van der Waals surface area contributed by atoms with Crippen molar-refractivity contribution in [2.45, 2.75) is 0 Å². The van der Waals surface area contributed by atoms with Gasteiger partial charge in [0.25, 0.3) is 0 Å². The molecule has 86 valence electrons. The summed E-state index contributed by atoms with van der Waals surface area (Å²) in [6.07, 6.45) is 3.13. The van der Waals surface area contributed by atoms with Crippen LogP contribution in [0.3, 0.4) is 0 Å². The van der Waals surface area contributed by atoms with Crippen LogP contribution in [0.4, 0.5) is 5.69 Å². The van der Waals surface area contributed by atoms with Crippen molar-refractivity contribution in [1.82, 2.24) is 4.98 Å². The molecule has 4 nitrogen and oxygen atoms in total. The van der Waals surface area contributed by atoms with Crippen molar-refractivity contribution in [2.75, 3.05) is 12.8 Å². The maximum Gasteiger partial charge on any atom is 0.339 e. The number of rotatable bonds is 2. The fourth-order valence-electron chi connectivity index (χ4n) is 1.58. The van der Waals surface area contributed by atoms with Gasteiger partial charge in [0.2, 0.25) is 0 Å². The molecule has 17 heavy (non-hydrogen) atoms. The third-order valence-electron chi connectivity index (χ3n) is 2.43. The summed E-state index contributed by atoms with van der Waals surface area (Å²) in [6.45, 7) is 0. The van der Waals surface area contributed by atoms with Crippen LogP contribution in [-0.4, -0.2) is 18.1 Å². The Bertz CT molecular complexity index is 553. The minimum absolute atomic E-state index is 0.408. The highest BCUT2D eigenvalue weighted by atomic mass is 16.5. The van der Waals surface area contributed by atoms with E-state index in [0.29, 0.717) is 11.3 Å². The summed E-state index contributed by atoms with van der Waals surface area (Å²) < 4.78 is 4.65. The highest BCUT2D eigenvalue weighted by Gasteiger charge is 2.08.